The quantitative estimate of drug-likeness (QED) is 0.504. The minimum absolute atomic E-state index is 0.0422. The molecule has 1 aromatic rings. The minimum atomic E-state index is -0.474. The molecule has 0 saturated carbocycles. The Morgan fingerprint density at radius 1 is 1.47 bits per heavy atom. The number of carbonyl (C=O) groups is 1. The van der Waals surface area contributed by atoms with Crippen molar-refractivity contribution in [1.82, 2.24) is 0 Å². The van der Waals surface area contributed by atoms with E-state index >= 15 is 0 Å². The van der Waals surface area contributed by atoms with Crippen molar-refractivity contribution in [3.8, 4) is 0 Å². The molecule has 7 nitrogen and oxygen atoms in total. The van der Waals surface area contributed by atoms with Gasteiger partial charge in [0.05, 0.1) is 4.92 Å². The van der Waals surface area contributed by atoms with Gasteiger partial charge in [0.1, 0.15) is 11.4 Å². The second kappa shape index (κ2) is 5.69. The van der Waals surface area contributed by atoms with E-state index in [-0.39, 0.29) is 18.7 Å². The highest BCUT2D eigenvalue weighted by Gasteiger charge is 2.18. The van der Waals surface area contributed by atoms with Gasteiger partial charge in [-0.3, -0.25) is 14.9 Å². The number of carbonyl (C=O) groups excluding carboxylic acids is 1. The van der Waals surface area contributed by atoms with Crippen molar-refractivity contribution < 1.29 is 9.72 Å². The molecule has 7 heteroatoms. The first-order valence-corrected chi connectivity index (χ1v) is 5.03. The molecule has 0 bridgehead atoms. The number of primary amides is 1. The number of nitrogens with zero attached hydrogens (tertiary/aromatic N) is 1. The molecular formula is C10H14N4O3. The van der Waals surface area contributed by atoms with E-state index in [1.165, 1.54) is 0 Å². The first kappa shape index (κ1) is 12.8. The van der Waals surface area contributed by atoms with Gasteiger partial charge in [0.25, 0.3) is 0 Å². The van der Waals surface area contributed by atoms with Crippen LogP contribution in [0.2, 0.25) is 0 Å². The van der Waals surface area contributed by atoms with Crippen molar-refractivity contribution in [1.29, 1.82) is 0 Å². The van der Waals surface area contributed by atoms with Crippen LogP contribution in [0.4, 0.5) is 17.1 Å². The summed E-state index contributed by atoms with van der Waals surface area (Å²) in [6.45, 7) is 0.267. The summed E-state index contributed by atoms with van der Waals surface area (Å²) in [6.07, 6.45) is 0.126. The number of nitrogens with two attached hydrogens (primary N) is 1. The van der Waals surface area contributed by atoms with E-state index in [1.54, 1.807) is 25.2 Å². The Labute approximate surface area is 98.1 Å². The number of para-hydroxylation sites is 1. The molecule has 0 heterocycles. The fraction of sp³-hybridized carbons (Fsp3) is 0.300. The van der Waals surface area contributed by atoms with Gasteiger partial charge in [-0.05, 0) is 12.1 Å². The summed E-state index contributed by atoms with van der Waals surface area (Å²) in [5.41, 5.74) is 5.72. The van der Waals surface area contributed by atoms with Gasteiger partial charge in [-0.15, -0.1) is 0 Å². The van der Waals surface area contributed by atoms with Crippen LogP contribution >= 0.6 is 0 Å². The highest BCUT2D eigenvalue weighted by molar-refractivity contribution is 5.77. The van der Waals surface area contributed by atoms with Gasteiger partial charge in [0.2, 0.25) is 5.91 Å². The van der Waals surface area contributed by atoms with Crippen molar-refractivity contribution in [2.24, 2.45) is 5.73 Å². The Morgan fingerprint density at radius 3 is 2.65 bits per heavy atom. The number of benzene rings is 1. The standard InChI is InChI=1S/C10H14N4O3/c1-12-7-3-2-4-8(10(7)14(16)17)13-6-5-9(11)15/h2-4,12-13H,5-6H2,1H3,(H2,11,15). The topological polar surface area (TPSA) is 110 Å². The molecule has 0 fully saturated rings. The number of rotatable bonds is 6. The van der Waals surface area contributed by atoms with E-state index in [9.17, 15) is 14.9 Å². The van der Waals surface area contributed by atoms with Gasteiger partial charge < -0.3 is 16.4 Å². The third kappa shape index (κ3) is 3.33. The zero-order valence-electron chi connectivity index (χ0n) is 9.40. The number of amides is 1. The maximum absolute atomic E-state index is 10.9. The third-order valence-electron chi connectivity index (χ3n) is 2.17. The summed E-state index contributed by atoms with van der Waals surface area (Å²) in [4.78, 5) is 21.0. The largest absolute Gasteiger partial charge is 0.382 e. The second-order valence-electron chi connectivity index (χ2n) is 3.35. The van der Waals surface area contributed by atoms with Crippen molar-refractivity contribution in [2.45, 2.75) is 6.42 Å². The van der Waals surface area contributed by atoms with Crippen LogP contribution in [0.1, 0.15) is 6.42 Å². The molecule has 1 rings (SSSR count). The molecule has 0 unspecified atom stereocenters. The summed E-state index contributed by atoms with van der Waals surface area (Å²) in [7, 11) is 1.61. The van der Waals surface area contributed by atoms with Crippen molar-refractivity contribution in [3.63, 3.8) is 0 Å². The molecule has 1 amide bonds. The molecule has 1 aromatic carbocycles. The molecule has 0 aliphatic carbocycles. The van der Waals surface area contributed by atoms with Gasteiger partial charge in [-0.25, -0.2) is 0 Å². The van der Waals surface area contributed by atoms with Gasteiger partial charge in [0, 0.05) is 20.0 Å². The van der Waals surface area contributed by atoms with Crippen LogP contribution in [0.25, 0.3) is 0 Å². The first-order chi connectivity index (χ1) is 8.06. The Balaban J connectivity index is 2.90. The number of anilines is 2. The maximum atomic E-state index is 10.9. The lowest BCUT2D eigenvalue weighted by atomic mass is 10.2. The van der Waals surface area contributed by atoms with Gasteiger partial charge in [0.15, 0.2) is 0 Å². The SMILES string of the molecule is CNc1cccc(NCCC(N)=O)c1[N+](=O)[O-]. The average molecular weight is 238 g/mol. The number of nitro groups is 1. The molecule has 0 aromatic heterocycles. The van der Waals surface area contributed by atoms with E-state index in [0.717, 1.165) is 0 Å². The van der Waals surface area contributed by atoms with Crippen LogP contribution in [0, 0.1) is 10.1 Å². The molecule has 0 spiro atoms. The molecule has 17 heavy (non-hydrogen) atoms. The van der Waals surface area contributed by atoms with Crippen molar-refractivity contribution in [2.75, 3.05) is 24.2 Å². The molecule has 0 saturated heterocycles. The van der Waals surface area contributed by atoms with Crippen LogP contribution in [0.5, 0.6) is 0 Å². The summed E-state index contributed by atoms with van der Waals surface area (Å²) >= 11 is 0. The van der Waals surface area contributed by atoms with Gasteiger partial charge >= 0.3 is 5.69 Å². The summed E-state index contributed by atoms with van der Waals surface area (Å²) < 4.78 is 0. The fourth-order valence-corrected chi connectivity index (χ4v) is 1.40. The molecular weight excluding hydrogens is 224 g/mol. The number of hydrogen-bond donors (Lipinski definition) is 3. The zero-order valence-corrected chi connectivity index (χ0v) is 9.40. The van der Waals surface area contributed by atoms with E-state index in [4.69, 9.17) is 5.73 Å². The first-order valence-electron chi connectivity index (χ1n) is 5.03. The average Bonchev–Trinajstić information content (AvgIpc) is 2.27. The highest BCUT2D eigenvalue weighted by atomic mass is 16.6. The molecule has 0 aliphatic rings. The number of nitro benzene ring substituents is 1. The maximum Gasteiger partial charge on any atom is 0.315 e. The summed E-state index contributed by atoms with van der Waals surface area (Å²) in [5, 5.41) is 16.5. The fourth-order valence-electron chi connectivity index (χ4n) is 1.40. The second-order valence-corrected chi connectivity index (χ2v) is 3.35. The lowest BCUT2D eigenvalue weighted by Crippen LogP contribution is -2.16. The Morgan fingerprint density at radius 2 is 2.12 bits per heavy atom. The van der Waals surface area contributed by atoms with Crippen LogP contribution in [0.3, 0.4) is 0 Å². The van der Waals surface area contributed by atoms with Crippen LogP contribution in [-0.2, 0) is 4.79 Å². The van der Waals surface area contributed by atoms with E-state index in [0.29, 0.717) is 11.4 Å². The smallest absolute Gasteiger partial charge is 0.315 e. The monoisotopic (exact) mass is 238 g/mol. The molecule has 0 atom stereocenters. The van der Waals surface area contributed by atoms with Crippen LogP contribution < -0.4 is 16.4 Å². The van der Waals surface area contributed by atoms with Gasteiger partial charge in [-0.1, -0.05) is 6.07 Å². The minimum Gasteiger partial charge on any atom is -0.382 e. The lowest BCUT2D eigenvalue weighted by molar-refractivity contribution is -0.383. The van der Waals surface area contributed by atoms with E-state index < -0.39 is 10.8 Å². The van der Waals surface area contributed by atoms with Crippen LogP contribution in [-0.4, -0.2) is 24.4 Å². The summed E-state index contributed by atoms with van der Waals surface area (Å²) in [5.74, 6) is -0.454. The van der Waals surface area contributed by atoms with Crippen molar-refractivity contribution in [3.05, 3.63) is 28.3 Å². The predicted molar refractivity (Wildman–Crippen MR) is 64.9 cm³/mol. The van der Waals surface area contributed by atoms with Gasteiger partial charge in [-0.2, -0.15) is 0 Å². The Bertz CT molecular complexity index is 434. The Hall–Kier alpha value is -2.31. The lowest BCUT2D eigenvalue weighted by Gasteiger charge is -2.08. The zero-order chi connectivity index (χ0) is 12.8. The molecule has 92 valence electrons. The summed E-state index contributed by atoms with van der Waals surface area (Å²) in [6, 6.07) is 4.88. The molecule has 0 aliphatic heterocycles. The molecule has 4 N–H and O–H groups in total. The normalized spacial score (nSPS) is 9.71. The number of nitrogens with one attached hydrogen (secondary N) is 2. The Kier molecular flexibility index (Phi) is 4.27. The molecule has 0 radical (unpaired) electrons. The van der Waals surface area contributed by atoms with E-state index in [1.807, 2.05) is 0 Å². The van der Waals surface area contributed by atoms with Crippen molar-refractivity contribution >= 4 is 23.0 Å². The third-order valence-corrected chi connectivity index (χ3v) is 2.17. The highest BCUT2D eigenvalue weighted by Crippen LogP contribution is 2.32. The number of hydrogen-bond acceptors (Lipinski definition) is 5. The van der Waals surface area contributed by atoms with E-state index in [2.05, 4.69) is 10.6 Å². The predicted octanol–water partition coefficient (Wildman–Crippen LogP) is 0.924. The van der Waals surface area contributed by atoms with Crippen LogP contribution in [0.15, 0.2) is 18.2 Å².